The molecule has 1 radical (unpaired) electrons. The van der Waals surface area contributed by atoms with E-state index in [1.165, 1.54) is 5.56 Å². The van der Waals surface area contributed by atoms with Crippen LogP contribution in [0.15, 0.2) is 42.5 Å². The van der Waals surface area contributed by atoms with E-state index in [1.54, 1.807) is 0 Å². The fraction of sp³-hybridized carbons (Fsp3) is 0.143. The first-order valence-corrected chi connectivity index (χ1v) is 5.31. The van der Waals surface area contributed by atoms with Gasteiger partial charge in [-0.1, -0.05) is 29.8 Å². The molecule has 2 heteroatoms. The lowest BCUT2D eigenvalue weighted by Crippen LogP contribution is -1.99. The highest BCUT2D eigenvalue weighted by Gasteiger charge is 1.94. The number of aryl methyl sites for hydroxylation is 1. The standard InChI is InChI=1S/C14H15N2/c1-11-5-7-14(8-6-11)16-10-12-3-2-4-13(15)9-12/h2-3,5-9,16H,10,15H2,1H3. The fourth-order valence-corrected chi connectivity index (χ4v) is 1.52. The van der Waals surface area contributed by atoms with Gasteiger partial charge >= 0.3 is 0 Å². The van der Waals surface area contributed by atoms with Gasteiger partial charge in [-0.05, 0) is 30.7 Å². The summed E-state index contributed by atoms with van der Waals surface area (Å²) in [7, 11) is 0. The molecule has 0 spiro atoms. The Bertz CT molecular complexity index is 460. The largest absolute Gasteiger partial charge is 0.398 e. The summed E-state index contributed by atoms with van der Waals surface area (Å²) in [5.74, 6) is 0. The molecule has 0 unspecified atom stereocenters. The van der Waals surface area contributed by atoms with Crippen LogP contribution in [0.1, 0.15) is 11.1 Å². The van der Waals surface area contributed by atoms with Gasteiger partial charge in [0.05, 0.1) is 0 Å². The van der Waals surface area contributed by atoms with E-state index < -0.39 is 0 Å². The molecule has 2 rings (SSSR count). The summed E-state index contributed by atoms with van der Waals surface area (Å²) < 4.78 is 0. The van der Waals surface area contributed by atoms with Crippen LogP contribution in [-0.2, 0) is 6.54 Å². The van der Waals surface area contributed by atoms with Crippen molar-refractivity contribution in [3.63, 3.8) is 0 Å². The van der Waals surface area contributed by atoms with Crippen molar-refractivity contribution in [1.82, 2.24) is 0 Å². The smallest absolute Gasteiger partial charge is 0.0401 e. The molecule has 0 amide bonds. The van der Waals surface area contributed by atoms with Crippen molar-refractivity contribution >= 4 is 11.4 Å². The van der Waals surface area contributed by atoms with Gasteiger partial charge in [0.1, 0.15) is 0 Å². The molecular weight excluding hydrogens is 196 g/mol. The quantitative estimate of drug-likeness (QED) is 0.766. The van der Waals surface area contributed by atoms with E-state index in [0.717, 1.165) is 17.8 Å². The summed E-state index contributed by atoms with van der Waals surface area (Å²) in [6, 6.07) is 17.1. The molecule has 0 aliphatic heterocycles. The lowest BCUT2D eigenvalue weighted by molar-refractivity contribution is 1.15. The first kappa shape index (κ1) is 10.6. The Kier molecular flexibility index (Phi) is 3.10. The second-order valence-electron chi connectivity index (χ2n) is 3.87. The van der Waals surface area contributed by atoms with E-state index >= 15 is 0 Å². The highest BCUT2D eigenvalue weighted by Crippen LogP contribution is 2.11. The maximum atomic E-state index is 5.66. The molecule has 0 heterocycles. The molecule has 0 saturated carbocycles. The van der Waals surface area contributed by atoms with Gasteiger partial charge in [0, 0.05) is 24.0 Å². The summed E-state index contributed by atoms with van der Waals surface area (Å²) in [5, 5.41) is 3.35. The molecule has 81 valence electrons. The number of hydrogen-bond donors (Lipinski definition) is 2. The number of nitrogens with two attached hydrogens (primary N) is 1. The van der Waals surface area contributed by atoms with Crippen LogP contribution in [0.2, 0.25) is 0 Å². The molecule has 0 aliphatic carbocycles. The molecular formula is C14H15N2. The predicted molar refractivity (Wildman–Crippen MR) is 68.2 cm³/mol. The van der Waals surface area contributed by atoms with Gasteiger partial charge in [-0.25, -0.2) is 0 Å². The van der Waals surface area contributed by atoms with Crippen LogP contribution in [0.3, 0.4) is 0 Å². The third kappa shape index (κ3) is 2.76. The Balaban J connectivity index is 1.99. The summed E-state index contributed by atoms with van der Waals surface area (Å²) in [6.45, 7) is 2.86. The SMILES string of the molecule is Cc1ccc(NCc2cc[c]c(N)c2)cc1. The van der Waals surface area contributed by atoms with Crippen molar-refractivity contribution in [3.05, 3.63) is 59.7 Å². The predicted octanol–water partition coefficient (Wildman–Crippen LogP) is 2.99. The Morgan fingerprint density at radius 3 is 2.62 bits per heavy atom. The minimum Gasteiger partial charge on any atom is -0.398 e. The first-order valence-electron chi connectivity index (χ1n) is 5.31. The zero-order valence-electron chi connectivity index (χ0n) is 9.33. The zero-order valence-corrected chi connectivity index (χ0v) is 9.33. The van der Waals surface area contributed by atoms with E-state index in [2.05, 4.69) is 42.6 Å². The Labute approximate surface area is 96.1 Å². The minimum atomic E-state index is 0.684. The maximum absolute atomic E-state index is 5.66. The maximum Gasteiger partial charge on any atom is 0.0401 e. The van der Waals surface area contributed by atoms with Crippen molar-refractivity contribution in [1.29, 1.82) is 0 Å². The molecule has 0 aromatic heterocycles. The summed E-state index contributed by atoms with van der Waals surface area (Å²) in [4.78, 5) is 0. The van der Waals surface area contributed by atoms with Gasteiger partial charge in [0.2, 0.25) is 0 Å². The second kappa shape index (κ2) is 4.71. The second-order valence-corrected chi connectivity index (χ2v) is 3.87. The van der Waals surface area contributed by atoms with Crippen LogP contribution in [0.4, 0.5) is 11.4 Å². The monoisotopic (exact) mass is 211 g/mol. The molecule has 0 bridgehead atoms. The lowest BCUT2D eigenvalue weighted by Gasteiger charge is -2.07. The van der Waals surface area contributed by atoms with Crippen LogP contribution in [-0.4, -0.2) is 0 Å². The number of nitrogens with one attached hydrogen (secondary N) is 1. The van der Waals surface area contributed by atoms with E-state index in [0.29, 0.717) is 5.69 Å². The third-order valence-corrected chi connectivity index (χ3v) is 2.44. The highest BCUT2D eigenvalue weighted by molar-refractivity contribution is 5.46. The van der Waals surface area contributed by atoms with Crippen molar-refractivity contribution < 1.29 is 0 Å². The molecule has 16 heavy (non-hydrogen) atoms. The highest BCUT2D eigenvalue weighted by atomic mass is 14.9. The molecule has 0 aliphatic rings. The van der Waals surface area contributed by atoms with Crippen LogP contribution in [0.25, 0.3) is 0 Å². The van der Waals surface area contributed by atoms with E-state index in [9.17, 15) is 0 Å². The average Bonchev–Trinajstić information content (AvgIpc) is 2.28. The van der Waals surface area contributed by atoms with Gasteiger partial charge < -0.3 is 11.1 Å². The number of hydrogen-bond acceptors (Lipinski definition) is 2. The van der Waals surface area contributed by atoms with Gasteiger partial charge in [-0.2, -0.15) is 0 Å². The topological polar surface area (TPSA) is 38.0 Å². The number of benzene rings is 2. The molecule has 0 fully saturated rings. The average molecular weight is 211 g/mol. The normalized spacial score (nSPS) is 10.1. The molecule has 2 aromatic carbocycles. The number of anilines is 2. The summed E-state index contributed by atoms with van der Waals surface area (Å²) >= 11 is 0. The van der Waals surface area contributed by atoms with Crippen LogP contribution in [0, 0.1) is 13.0 Å². The Hall–Kier alpha value is -1.96. The number of rotatable bonds is 3. The molecule has 2 aromatic rings. The summed E-state index contributed by atoms with van der Waals surface area (Å²) in [6.07, 6.45) is 0. The first-order chi connectivity index (χ1) is 7.74. The van der Waals surface area contributed by atoms with Gasteiger partial charge in [-0.3, -0.25) is 0 Å². The zero-order chi connectivity index (χ0) is 11.4. The summed E-state index contributed by atoms with van der Waals surface area (Å²) in [5.41, 5.74) is 9.90. The van der Waals surface area contributed by atoms with E-state index in [-0.39, 0.29) is 0 Å². The Morgan fingerprint density at radius 1 is 1.19 bits per heavy atom. The number of nitrogen functional groups attached to an aromatic ring is 1. The molecule has 0 atom stereocenters. The van der Waals surface area contributed by atoms with Crippen molar-refractivity contribution in [2.24, 2.45) is 0 Å². The molecule has 2 nitrogen and oxygen atoms in total. The van der Waals surface area contributed by atoms with Crippen LogP contribution >= 0.6 is 0 Å². The molecule has 0 saturated heterocycles. The van der Waals surface area contributed by atoms with Gasteiger partial charge in [0.15, 0.2) is 0 Å². The van der Waals surface area contributed by atoms with Crippen molar-refractivity contribution in [2.45, 2.75) is 13.5 Å². The lowest BCUT2D eigenvalue weighted by atomic mass is 10.2. The third-order valence-electron chi connectivity index (χ3n) is 2.44. The van der Waals surface area contributed by atoms with Crippen LogP contribution in [0.5, 0.6) is 0 Å². The van der Waals surface area contributed by atoms with E-state index in [4.69, 9.17) is 5.73 Å². The Morgan fingerprint density at radius 2 is 1.94 bits per heavy atom. The molecule has 3 N–H and O–H groups in total. The van der Waals surface area contributed by atoms with Gasteiger partial charge in [0.25, 0.3) is 0 Å². The minimum absolute atomic E-state index is 0.684. The van der Waals surface area contributed by atoms with Crippen molar-refractivity contribution in [3.8, 4) is 0 Å². The van der Waals surface area contributed by atoms with E-state index in [1.807, 2.05) is 18.2 Å². The van der Waals surface area contributed by atoms with Crippen molar-refractivity contribution in [2.75, 3.05) is 11.1 Å². The van der Waals surface area contributed by atoms with Gasteiger partial charge in [-0.15, -0.1) is 0 Å². The fourth-order valence-electron chi connectivity index (χ4n) is 1.52. The van der Waals surface area contributed by atoms with Crippen LogP contribution < -0.4 is 11.1 Å².